The molecule has 1 heterocycles. The molecule has 1 saturated carbocycles. The molecule has 0 aliphatic heterocycles. The molecule has 0 bridgehead atoms. The van der Waals surface area contributed by atoms with Gasteiger partial charge in [-0.05, 0) is 31.6 Å². The highest BCUT2D eigenvalue weighted by atomic mass is 35.5. The zero-order valence-corrected chi connectivity index (χ0v) is 13.4. The summed E-state index contributed by atoms with van der Waals surface area (Å²) in [7, 11) is -3.60. The van der Waals surface area contributed by atoms with Crippen LogP contribution in [0.2, 0.25) is 5.02 Å². The first-order chi connectivity index (χ1) is 9.46. The van der Waals surface area contributed by atoms with E-state index in [1.165, 1.54) is 12.3 Å². The third-order valence-corrected chi connectivity index (χ3v) is 6.17. The normalized spacial score (nSPS) is 22.9. The molecule has 0 saturated heterocycles. The molecule has 2 unspecified atom stereocenters. The average molecular weight is 337 g/mol. The number of thioether (sulfide) groups is 1. The van der Waals surface area contributed by atoms with E-state index < -0.39 is 10.0 Å². The number of nitrogens with zero attached hydrogens (tertiary/aromatic N) is 1. The fourth-order valence-corrected chi connectivity index (χ4v) is 4.56. The van der Waals surface area contributed by atoms with Crippen LogP contribution in [0.15, 0.2) is 17.2 Å². The van der Waals surface area contributed by atoms with Crippen LogP contribution in [0, 0.1) is 0 Å². The Bertz CT molecular complexity index is 582. The van der Waals surface area contributed by atoms with E-state index in [1.807, 2.05) is 6.26 Å². The number of sulfonamides is 1. The van der Waals surface area contributed by atoms with Gasteiger partial charge in [0.1, 0.15) is 4.90 Å². The molecule has 2 rings (SSSR count). The quantitative estimate of drug-likeness (QED) is 0.558. The Morgan fingerprint density at radius 3 is 2.80 bits per heavy atom. The summed E-state index contributed by atoms with van der Waals surface area (Å²) in [6.07, 6.45) is 6.02. The Labute approximate surface area is 127 Å². The Balaban J connectivity index is 2.12. The third-order valence-electron chi connectivity index (χ3n) is 3.30. The van der Waals surface area contributed by atoms with Crippen LogP contribution in [-0.2, 0) is 10.0 Å². The Morgan fingerprint density at radius 2 is 2.25 bits per heavy atom. The van der Waals surface area contributed by atoms with Crippen LogP contribution < -0.4 is 16.0 Å². The van der Waals surface area contributed by atoms with Crippen molar-refractivity contribution in [3.63, 3.8) is 0 Å². The maximum Gasteiger partial charge on any atom is 0.242 e. The monoisotopic (exact) mass is 336 g/mol. The van der Waals surface area contributed by atoms with Gasteiger partial charge in [0.25, 0.3) is 0 Å². The lowest BCUT2D eigenvalue weighted by atomic mass is 10.3. The number of pyridine rings is 1. The maximum absolute atomic E-state index is 12.3. The Morgan fingerprint density at radius 1 is 1.50 bits per heavy atom. The van der Waals surface area contributed by atoms with E-state index in [2.05, 4.69) is 15.1 Å². The minimum absolute atomic E-state index is 0.0245. The lowest BCUT2D eigenvalue weighted by Gasteiger charge is -2.13. The summed E-state index contributed by atoms with van der Waals surface area (Å²) >= 11 is 7.67. The zero-order valence-electron chi connectivity index (χ0n) is 11.0. The molecule has 0 spiro atoms. The van der Waals surface area contributed by atoms with Gasteiger partial charge in [0.2, 0.25) is 10.0 Å². The van der Waals surface area contributed by atoms with E-state index in [-0.39, 0.29) is 21.8 Å². The van der Waals surface area contributed by atoms with Gasteiger partial charge in [-0.25, -0.2) is 24.0 Å². The summed E-state index contributed by atoms with van der Waals surface area (Å²) in [5, 5.41) is 0.692. The fourth-order valence-electron chi connectivity index (χ4n) is 2.22. The molecule has 1 aliphatic rings. The van der Waals surface area contributed by atoms with Gasteiger partial charge in [-0.2, -0.15) is 11.8 Å². The van der Waals surface area contributed by atoms with Gasteiger partial charge in [0.05, 0.1) is 5.02 Å². The summed E-state index contributed by atoms with van der Waals surface area (Å²) < 4.78 is 27.2. The number of nitrogen functional groups attached to an aromatic ring is 1. The number of aromatic nitrogens is 1. The largest absolute Gasteiger partial charge is 0.307 e. The number of hydrogen-bond acceptors (Lipinski definition) is 6. The number of hydrazine groups is 1. The molecule has 9 heteroatoms. The minimum Gasteiger partial charge on any atom is -0.307 e. The smallest absolute Gasteiger partial charge is 0.242 e. The van der Waals surface area contributed by atoms with Crippen molar-refractivity contribution < 1.29 is 8.42 Å². The molecule has 0 aromatic carbocycles. The van der Waals surface area contributed by atoms with Crippen molar-refractivity contribution in [1.82, 2.24) is 9.71 Å². The molecule has 1 aromatic rings. The molecular weight excluding hydrogens is 320 g/mol. The van der Waals surface area contributed by atoms with Crippen LogP contribution in [0.1, 0.15) is 19.3 Å². The van der Waals surface area contributed by atoms with Gasteiger partial charge >= 0.3 is 0 Å². The summed E-state index contributed by atoms with van der Waals surface area (Å²) in [5.41, 5.74) is 2.30. The molecule has 1 aliphatic carbocycles. The Hall–Kier alpha value is -0.540. The van der Waals surface area contributed by atoms with Crippen molar-refractivity contribution in [1.29, 1.82) is 0 Å². The second-order valence-corrected chi connectivity index (χ2v) is 7.89. The van der Waals surface area contributed by atoms with E-state index in [0.29, 0.717) is 5.25 Å². The van der Waals surface area contributed by atoms with Crippen LogP contribution in [-0.4, -0.2) is 30.9 Å². The van der Waals surface area contributed by atoms with Gasteiger partial charge in [-0.15, -0.1) is 0 Å². The van der Waals surface area contributed by atoms with Gasteiger partial charge in [0.15, 0.2) is 5.82 Å². The molecule has 112 valence electrons. The van der Waals surface area contributed by atoms with Crippen LogP contribution in [0.4, 0.5) is 5.82 Å². The first-order valence-corrected chi connectivity index (χ1v) is 9.28. The van der Waals surface area contributed by atoms with Crippen molar-refractivity contribution in [2.24, 2.45) is 5.84 Å². The highest BCUT2D eigenvalue weighted by molar-refractivity contribution is 7.99. The van der Waals surface area contributed by atoms with Gasteiger partial charge in [0, 0.05) is 17.5 Å². The number of anilines is 1. The van der Waals surface area contributed by atoms with Crippen LogP contribution in [0.3, 0.4) is 0 Å². The van der Waals surface area contributed by atoms with Gasteiger partial charge < -0.3 is 5.43 Å². The predicted octanol–water partition coefficient (Wildman–Crippen LogP) is 1.58. The topological polar surface area (TPSA) is 97.1 Å². The number of rotatable bonds is 5. The van der Waals surface area contributed by atoms with Crippen LogP contribution in [0.5, 0.6) is 0 Å². The molecule has 6 nitrogen and oxygen atoms in total. The molecule has 2 atom stereocenters. The lowest BCUT2D eigenvalue weighted by Crippen LogP contribution is -2.33. The first kappa shape index (κ1) is 15.8. The van der Waals surface area contributed by atoms with Gasteiger partial charge in [-0.3, -0.25) is 0 Å². The number of nitrogens with two attached hydrogens (primary N) is 1. The molecule has 1 aromatic heterocycles. The fraction of sp³-hybridized carbons (Fsp3) is 0.545. The highest BCUT2D eigenvalue weighted by Crippen LogP contribution is 2.29. The van der Waals surface area contributed by atoms with Crippen molar-refractivity contribution in [2.45, 2.75) is 35.4 Å². The second-order valence-electron chi connectivity index (χ2n) is 4.63. The average Bonchev–Trinajstić information content (AvgIpc) is 2.85. The van der Waals surface area contributed by atoms with Crippen molar-refractivity contribution in [3.05, 3.63) is 17.3 Å². The molecule has 20 heavy (non-hydrogen) atoms. The molecule has 4 N–H and O–H groups in total. The van der Waals surface area contributed by atoms with E-state index >= 15 is 0 Å². The molecular formula is C11H17ClN4O2S2. The summed E-state index contributed by atoms with van der Waals surface area (Å²) in [6, 6.07) is 1.32. The van der Waals surface area contributed by atoms with Crippen molar-refractivity contribution in [3.8, 4) is 0 Å². The van der Waals surface area contributed by atoms with Crippen molar-refractivity contribution >= 4 is 39.2 Å². The first-order valence-electron chi connectivity index (χ1n) is 6.13. The van der Waals surface area contributed by atoms with Gasteiger partial charge in [-0.1, -0.05) is 11.6 Å². The summed E-state index contributed by atoms with van der Waals surface area (Å²) in [4.78, 5) is 3.93. The standard InChI is InChI=1S/C11H17ClN4O2S2/c1-19-8-3-2-7(4-8)16-20(17,18)9-5-10(12)11(15-13)14-6-9/h5-8,16H,2-4,13H2,1H3,(H,14,15). The maximum atomic E-state index is 12.3. The second kappa shape index (κ2) is 6.48. The van der Waals surface area contributed by atoms with E-state index in [1.54, 1.807) is 11.8 Å². The number of halogens is 1. The number of nitrogens with one attached hydrogen (secondary N) is 2. The zero-order chi connectivity index (χ0) is 14.8. The van der Waals surface area contributed by atoms with E-state index in [4.69, 9.17) is 17.4 Å². The van der Waals surface area contributed by atoms with E-state index in [9.17, 15) is 8.42 Å². The molecule has 0 radical (unpaired) electrons. The highest BCUT2D eigenvalue weighted by Gasteiger charge is 2.28. The summed E-state index contributed by atoms with van der Waals surface area (Å²) in [5.74, 6) is 5.45. The molecule has 0 amide bonds. The predicted molar refractivity (Wildman–Crippen MR) is 82.3 cm³/mol. The SMILES string of the molecule is CSC1CCC(NS(=O)(=O)c2cnc(NN)c(Cl)c2)C1. The van der Waals surface area contributed by atoms with Crippen molar-refractivity contribution in [2.75, 3.05) is 11.7 Å². The lowest BCUT2D eigenvalue weighted by molar-refractivity contribution is 0.552. The minimum atomic E-state index is -3.60. The van der Waals surface area contributed by atoms with Crippen LogP contribution in [0.25, 0.3) is 0 Å². The number of hydrogen-bond donors (Lipinski definition) is 3. The summed E-state index contributed by atoms with van der Waals surface area (Å²) in [6.45, 7) is 0. The Kier molecular flexibility index (Phi) is 5.14. The molecule has 1 fully saturated rings. The third kappa shape index (κ3) is 3.56. The van der Waals surface area contributed by atoms with Crippen LogP contribution >= 0.6 is 23.4 Å². The van der Waals surface area contributed by atoms with E-state index in [0.717, 1.165) is 19.3 Å².